The molecule has 1 aliphatic heterocycles. The molecule has 7 heteroatoms. The van der Waals surface area contributed by atoms with Gasteiger partial charge in [-0.05, 0) is 19.3 Å². The Bertz CT molecular complexity index is 566. The van der Waals surface area contributed by atoms with E-state index < -0.39 is 0 Å². The van der Waals surface area contributed by atoms with E-state index in [-0.39, 0.29) is 5.91 Å². The van der Waals surface area contributed by atoms with Crippen LogP contribution in [-0.4, -0.2) is 59.4 Å². The lowest BCUT2D eigenvalue weighted by Gasteiger charge is -2.36. The van der Waals surface area contributed by atoms with Gasteiger partial charge in [0.1, 0.15) is 0 Å². The molecule has 0 unspecified atom stereocenters. The van der Waals surface area contributed by atoms with Gasteiger partial charge in [0.15, 0.2) is 5.96 Å². The van der Waals surface area contributed by atoms with Gasteiger partial charge >= 0.3 is 0 Å². The van der Waals surface area contributed by atoms with Crippen molar-refractivity contribution < 1.29 is 4.79 Å². The number of guanidine groups is 1. The molecule has 3 rings (SSSR count). The van der Waals surface area contributed by atoms with Crippen LogP contribution in [-0.2, 0) is 17.8 Å². The Morgan fingerprint density at radius 1 is 1.50 bits per heavy atom. The van der Waals surface area contributed by atoms with Gasteiger partial charge in [0, 0.05) is 31.6 Å². The third-order valence-electron chi connectivity index (χ3n) is 4.09. The van der Waals surface area contributed by atoms with Crippen molar-refractivity contribution in [2.75, 3.05) is 26.7 Å². The second-order valence-electron chi connectivity index (χ2n) is 5.73. The van der Waals surface area contributed by atoms with Crippen LogP contribution < -0.4 is 5.32 Å². The number of nitrogens with zero attached hydrogens (tertiary/aromatic N) is 4. The highest BCUT2D eigenvalue weighted by Crippen LogP contribution is 2.28. The van der Waals surface area contributed by atoms with E-state index in [0.717, 1.165) is 36.2 Å². The van der Waals surface area contributed by atoms with E-state index in [9.17, 15) is 4.79 Å². The van der Waals surface area contributed by atoms with Gasteiger partial charge in [-0.3, -0.25) is 9.79 Å². The van der Waals surface area contributed by atoms with E-state index in [2.05, 4.69) is 27.6 Å². The van der Waals surface area contributed by atoms with E-state index in [1.165, 1.54) is 12.8 Å². The Labute approximate surface area is 135 Å². The molecule has 0 radical (unpaired) electrons. The highest BCUT2D eigenvalue weighted by molar-refractivity contribution is 7.09. The summed E-state index contributed by atoms with van der Waals surface area (Å²) in [5.74, 6) is 1.01. The van der Waals surface area contributed by atoms with Crippen molar-refractivity contribution >= 4 is 23.2 Å². The normalized spacial score (nSPS) is 19.7. The summed E-state index contributed by atoms with van der Waals surface area (Å²) in [4.78, 5) is 25.1. The highest BCUT2D eigenvalue weighted by atomic mass is 32.1. The lowest BCUT2D eigenvalue weighted by Crippen LogP contribution is -2.55. The number of carbonyl (C=O) groups excluding carboxylic acids is 1. The van der Waals surface area contributed by atoms with Crippen LogP contribution in [0.4, 0.5) is 0 Å². The van der Waals surface area contributed by atoms with Crippen LogP contribution in [0.25, 0.3) is 0 Å². The first-order chi connectivity index (χ1) is 10.7. The van der Waals surface area contributed by atoms with Crippen LogP contribution in [0, 0.1) is 0 Å². The summed E-state index contributed by atoms with van der Waals surface area (Å²) < 4.78 is 0. The lowest BCUT2D eigenvalue weighted by molar-refractivity contribution is -0.135. The number of amides is 1. The first kappa shape index (κ1) is 15.3. The fraction of sp³-hybridized carbons (Fsp3) is 0.667. The van der Waals surface area contributed by atoms with Crippen molar-refractivity contribution in [2.45, 2.75) is 38.8 Å². The number of carbonyl (C=O) groups is 1. The molecule has 1 amide bonds. The van der Waals surface area contributed by atoms with Crippen molar-refractivity contribution in [1.29, 1.82) is 0 Å². The van der Waals surface area contributed by atoms with Crippen molar-refractivity contribution in [2.24, 2.45) is 4.99 Å². The first-order valence-corrected chi connectivity index (χ1v) is 8.77. The molecule has 1 aromatic heterocycles. The number of thiazole rings is 1. The predicted octanol–water partition coefficient (Wildman–Crippen LogP) is 1.09. The Balaban J connectivity index is 1.54. The molecule has 2 aliphatic rings. The first-order valence-electron chi connectivity index (χ1n) is 7.89. The van der Waals surface area contributed by atoms with E-state index in [4.69, 9.17) is 0 Å². The molecule has 1 saturated heterocycles. The predicted molar refractivity (Wildman–Crippen MR) is 88.0 cm³/mol. The van der Waals surface area contributed by atoms with Gasteiger partial charge in [-0.1, -0.05) is 6.92 Å². The van der Waals surface area contributed by atoms with Gasteiger partial charge in [-0.25, -0.2) is 4.98 Å². The molecule has 1 aliphatic carbocycles. The molecule has 2 fully saturated rings. The number of nitrogens with one attached hydrogen (secondary N) is 1. The van der Waals surface area contributed by atoms with Gasteiger partial charge in [0.05, 0.1) is 23.8 Å². The molecule has 2 heterocycles. The van der Waals surface area contributed by atoms with Crippen LogP contribution in [0.3, 0.4) is 0 Å². The summed E-state index contributed by atoms with van der Waals surface area (Å²) in [6, 6.07) is 0.507. The average molecular weight is 321 g/mol. The maximum Gasteiger partial charge on any atom is 0.242 e. The zero-order chi connectivity index (χ0) is 15.5. The Morgan fingerprint density at radius 2 is 2.32 bits per heavy atom. The van der Waals surface area contributed by atoms with Crippen LogP contribution in [0.15, 0.2) is 10.4 Å². The SMILES string of the molecule is CCc1nc(CNC(=NC)N2CCN(C3CC3)C(=O)C2)cs1. The molecule has 0 spiro atoms. The van der Waals surface area contributed by atoms with Crippen LogP contribution in [0.5, 0.6) is 0 Å². The third-order valence-corrected chi connectivity index (χ3v) is 5.13. The zero-order valence-corrected chi connectivity index (χ0v) is 14.0. The van der Waals surface area contributed by atoms with E-state index in [1.807, 2.05) is 9.80 Å². The summed E-state index contributed by atoms with van der Waals surface area (Å²) in [5, 5.41) is 6.55. The minimum absolute atomic E-state index is 0.221. The molecular formula is C15H23N5OS. The second-order valence-corrected chi connectivity index (χ2v) is 6.67. The molecule has 0 atom stereocenters. The number of piperazine rings is 1. The van der Waals surface area contributed by atoms with Crippen molar-refractivity contribution in [3.8, 4) is 0 Å². The summed E-state index contributed by atoms with van der Waals surface area (Å²) in [5.41, 5.74) is 1.03. The van der Waals surface area contributed by atoms with Gasteiger partial charge in [-0.15, -0.1) is 11.3 Å². The van der Waals surface area contributed by atoms with Gasteiger partial charge in [-0.2, -0.15) is 0 Å². The largest absolute Gasteiger partial charge is 0.351 e. The minimum Gasteiger partial charge on any atom is -0.351 e. The molecule has 120 valence electrons. The van der Waals surface area contributed by atoms with Crippen LogP contribution in [0.2, 0.25) is 0 Å². The number of hydrogen-bond donors (Lipinski definition) is 1. The van der Waals surface area contributed by atoms with Gasteiger partial charge in [0.25, 0.3) is 0 Å². The Hall–Kier alpha value is -1.63. The average Bonchev–Trinajstić information content (AvgIpc) is 3.26. The van der Waals surface area contributed by atoms with Gasteiger partial charge in [0.2, 0.25) is 5.91 Å². The topological polar surface area (TPSA) is 60.8 Å². The number of aromatic nitrogens is 1. The number of aliphatic imine (C=N–C) groups is 1. The molecule has 1 aromatic rings. The molecule has 1 saturated carbocycles. The summed E-state index contributed by atoms with van der Waals surface area (Å²) in [6.07, 6.45) is 3.31. The standard InChI is InChI=1S/C15H23N5OS/c1-3-13-18-11(10-22-13)8-17-15(16-2)19-6-7-20(12-4-5-12)14(21)9-19/h10,12H,3-9H2,1-2H3,(H,16,17). The summed E-state index contributed by atoms with van der Waals surface area (Å²) >= 11 is 1.69. The molecule has 0 bridgehead atoms. The van der Waals surface area contributed by atoms with E-state index in [0.29, 0.717) is 19.1 Å². The molecule has 22 heavy (non-hydrogen) atoms. The van der Waals surface area contributed by atoms with Crippen molar-refractivity contribution in [3.05, 3.63) is 16.1 Å². The molecule has 0 aromatic carbocycles. The third kappa shape index (κ3) is 3.40. The van der Waals surface area contributed by atoms with E-state index in [1.54, 1.807) is 18.4 Å². The zero-order valence-electron chi connectivity index (χ0n) is 13.2. The fourth-order valence-corrected chi connectivity index (χ4v) is 3.48. The summed E-state index contributed by atoms with van der Waals surface area (Å²) in [6.45, 7) is 4.84. The quantitative estimate of drug-likeness (QED) is 0.666. The number of hydrogen-bond acceptors (Lipinski definition) is 4. The van der Waals surface area contributed by atoms with Crippen molar-refractivity contribution in [3.63, 3.8) is 0 Å². The van der Waals surface area contributed by atoms with Crippen LogP contribution in [0.1, 0.15) is 30.5 Å². The minimum atomic E-state index is 0.221. The molecule has 6 nitrogen and oxygen atoms in total. The maximum absolute atomic E-state index is 12.2. The molecule has 1 N–H and O–H groups in total. The second kappa shape index (κ2) is 6.64. The lowest BCUT2D eigenvalue weighted by atomic mass is 10.3. The highest BCUT2D eigenvalue weighted by Gasteiger charge is 2.36. The summed E-state index contributed by atoms with van der Waals surface area (Å²) in [7, 11) is 1.76. The van der Waals surface area contributed by atoms with Crippen molar-refractivity contribution in [1.82, 2.24) is 20.1 Å². The fourth-order valence-electron chi connectivity index (χ4n) is 2.73. The number of aryl methyl sites for hydroxylation is 1. The Kier molecular flexibility index (Phi) is 4.61. The molecular weight excluding hydrogens is 298 g/mol. The maximum atomic E-state index is 12.2. The Morgan fingerprint density at radius 3 is 2.91 bits per heavy atom. The number of rotatable bonds is 4. The smallest absolute Gasteiger partial charge is 0.242 e. The van der Waals surface area contributed by atoms with Gasteiger partial charge < -0.3 is 15.1 Å². The van der Waals surface area contributed by atoms with E-state index >= 15 is 0 Å². The van der Waals surface area contributed by atoms with Crippen LogP contribution >= 0.6 is 11.3 Å². The monoisotopic (exact) mass is 321 g/mol.